The zero-order chi connectivity index (χ0) is 49.5. The summed E-state index contributed by atoms with van der Waals surface area (Å²) in [6.07, 6.45) is 3.84. The monoisotopic (exact) mass is 1090 g/mol. The summed E-state index contributed by atoms with van der Waals surface area (Å²) in [4.78, 5) is 18.1. The molecule has 3 aromatic heterocycles. The van der Waals surface area contributed by atoms with E-state index in [-0.39, 0.29) is 53.6 Å². The van der Waals surface area contributed by atoms with Crippen LogP contribution in [0.15, 0.2) is 122 Å². The zero-order valence-electron chi connectivity index (χ0n) is 44.7. The van der Waals surface area contributed by atoms with Crippen molar-refractivity contribution in [2.24, 2.45) is 0 Å². The van der Waals surface area contributed by atoms with E-state index in [0.29, 0.717) is 0 Å². The largest absolute Gasteiger partial charge is 2.00 e. The van der Waals surface area contributed by atoms with Crippen LogP contribution in [0.1, 0.15) is 158 Å². The van der Waals surface area contributed by atoms with Crippen molar-refractivity contribution in [1.82, 2.24) is 15.0 Å². The van der Waals surface area contributed by atoms with Crippen molar-refractivity contribution >= 4 is 38.9 Å². The van der Waals surface area contributed by atoms with Crippen molar-refractivity contribution in [3.8, 4) is 33.6 Å². The van der Waals surface area contributed by atoms with Crippen LogP contribution >= 0.6 is 0 Å². The molecule has 0 unspecified atom stereocenters. The van der Waals surface area contributed by atoms with E-state index in [9.17, 15) is 0 Å². The quantitative estimate of drug-likeness (QED) is 0.156. The van der Waals surface area contributed by atoms with Gasteiger partial charge in [-0.2, -0.15) is 5.52 Å². The molecule has 0 saturated carbocycles. The molecule has 0 spiro atoms. The first-order chi connectivity index (χ1) is 31.5. The number of fused-ring (bicyclic) bond motifs is 3. The Morgan fingerprint density at radius 3 is 1.25 bits per heavy atom. The van der Waals surface area contributed by atoms with Gasteiger partial charge in [-0.1, -0.05) is 184 Å². The van der Waals surface area contributed by atoms with Crippen molar-refractivity contribution < 1.29 is 21.1 Å². The topological polar surface area (TPSA) is 43.1 Å². The molecule has 8 aromatic rings. The fourth-order valence-corrected chi connectivity index (χ4v) is 8.96. The molecular formula is C64H74N4Pt. The van der Waals surface area contributed by atoms with Gasteiger partial charge in [-0.15, -0.1) is 35.3 Å². The fourth-order valence-electron chi connectivity index (χ4n) is 8.96. The maximum Gasteiger partial charge on any atom is 2.00 e. The zero-order valence-corrected chi connectivity index (χ0v) is 46.9. The molecule has 0 fully saturated rings. The predicted molar refractivity (Wildman–Crippen MR) is 292 cm³/mol. The third-order valence-corrected chi connectivity index (χ3v) is 13.6. The Balaban J connectivity index is 0.00000703. The molecule has 360 valence electrons. The average molecular weight is 1090 g/mol. The normalized spacial score (nSPS) is 13.0. The SMILES string of the molecule is CC(C)(C)c1cc(N(c2cc(C(C)(C)C)cc(C(C)(C)C)c2)c2ccnc(-c3cc(C(C)(C)C)cc4c3[n-]c3c(-c5[c-]c(-c6ccccn6)ccc5)cc(C(C)(C)C)cc34)c2)cc(C(C)(C)C)c1.[Pt+2]. The van der Waals surface area contributed by atoms with Gasteiger partial charge in [0.05, 0.1) is 5.69 Å². The van der Waals surface area contributed by atoms with Crippen molar-refractivity contribution in [3.05, 3.63) is 161 Å². The van der Waals surface area contributed by atoms with E-state index in [1.54, 1.807) is 0 Å². The Bertz CT molecular complexity index is 3020. The second-order valence-electron chi connectivity index (χ2n) is 25.4. The van der Waals surface area contributed by atoms with Gasteiger partial charge in [0, 0.05) is 35.1 Å². The van der Waals surface area contributed by atoms with Crippen LogP contribution < -0.4 is 9.88 Å². The molecule has 0 saturated heterocycles. The molecule has 0 N–H and O–H groups in total. The standard InChI is InChI=1S/C64H74N4.Pt/c1-59(2,3)42-29-43(60(4,5)6)32-49(31-42)68(50-33-44(61(7,8)9)30-45(34-50)62(10,11)12)48-25-27-66-56(39-48)54-38-47(64(16,17)18)37-53-52-36-46(63(13,14)15)35-51(57(52)67-58(53)54)40-22-21-23-41(28-40)55-24-19-20-26-65-55;/h19-27,29-39H,1-18H3;/q-2;+2. The van der Waals surface area contributed by atoms with Gasteiger partial charge in [0.2, 0.25) is 0 Å². The third kappa shape index (κ3) is 10.7. The molecule has 69 heavy (non-hydrogen) atoms. The number of hydrogen-bond donors (Lipinski definition) is 0. The van der Waals surface area contributed by atoms with Gasteiger partial charge in [0.25, 0.3) is 0 Å². The number of aromatic nitrogens is 3. The summed E-state index contributed by atoms with van der Waals surface area (Å²) in [5, 5.41) is 2.28. The first-order valence-electron chi connectivity index (χ1n) is 24.6. The molecule has 3 heterocycles. The summed E-state index contributed by atoms with van der Waals surface area (Å²) in [6.45, 7) is 41.6. The van der Waals surface area contributed by atoms with E-state index in [2.05, 4.69) is 232 Å². The summed E-state index contributed by atoms with van der Waals surface area (Å²) in [5.41, 5.74) is 18.3. The van der Waals surface area contributed by atoms with E-state index < -0.39 is 0 Å². The molecule has 8 rings (SSSR count). The molecule has 4 nitrogen and oxygen atoms in total. The number of rotatable bonds is 6. The van der Waals surface area contributed by atoms with Gasteiger partial charge in [0.1, 0.15) is 0 Å². The minimum atomic E-state index is -0.140. The number of hydrogen-bond acceptors (Lipinski definition) is 3. The fraction of sp³-hybridized carbons (Fsp3) is 0.375. The van der Waals surface area contributed by atoms with E-state index in [1.807, 2.05) is 30.6 Å². The molecule has 0 radical (unpaired) electrons. The number of nitrogens with zero attached hydrogens (tertiary/aromatic N) is 4. The summed E-state index contributed by atoms with van der Waals surface area (Å²) in [5.74, 6) is 0. The number of benzene rings is 5. The molecule has 0 amide bonds. The van der Waals surface area contributed by atoms with Crippen LogP contribution in [-0.4, -0.2) is 9.97 Å². The Hall–Kier alpha value is -5.31. The van der Waals surface area contributed by atoms with E-state index in [0.717, 1.165) is 72.5 Å². The summed E-state index contributed by atoms with van der Waals surface area (Å²) in [7, 11) is 0. The summed E-state index contributed by atoms with van der Waals surface area (Å²) >= 11 is 0. The van der Waals surface area contributed by atoms with Crippen molar-refractivity contribution in [3.63, 3.8) is 0 Å². The number of anilines is 3. The van der Waals surface area contributed by atoms with Gasteiger partial charge in [-0.3, -0.25) is 9.97 Å². The molecule has 0 aliphatic rings. The maximum absolute atomic E-state index is 5.67. The molecule has 0 bridgehead atoms. The van der Waals surface area contributed by atoms with Crippen LogP contribution in [0.4, 0.5) is 17.1 Å². The molecule has 5 aromatic carbocycles. The molecule has 5 heteroatoms. The molecule has 0 aliphatic carbocycles. The first-order valence-corrected chi connectivity index (χ1v) is 24.6. The minimum Gasteiger partial charge on any atom is -0.662 e. The van der Waals surface area contributed by atoms with E-state index >= 15 is 0 Å². The summed E-state index contributed by atoms with van der Waals surface area (Å²) in [6, 6.07) is 44.5. The number of pyridine rings is 2. The molecule has 0 atom stereocenters. The van der Waals surface area contributed by atoms with Gasteiger partial charge < -0.3 is 9.88 Å². The van der Waals surface area contributed by atoms with Crippen LogP contribution in [-0.2, 0) is 53.6 Å². The third-order valence-electron chi connectivity index (χ3n) is 13.6. The van der Waals surface area contributed by atoms with E-state index in [4.69, 9.17) is 9.97 Å². The molecular weight excluding hydrogens is 1020 g/mol. The Morgan fingerprint density at radius 1 is 0.377 bits per heavy atom. The Kier molecular flexibility index (Phi) is 13.5. The van der Waals surface area contributed by atoms with Crippen LogP contribution in [0.5, 0.6) is 0 Å². The molecule has 0 aliphatic heterocycles. The van der Waals surface area contributed by atoms with Crippen LogP contribution in [0.2, 0.25) is 0 Å². The average Bonchev–Trinajstić information content (AvgIpc) is 3.63. The van der Waals surface area contributed by atoms with Crippen molar-refractivity contribution in [2.45, 2.75) is 157 Å². The smallest absolute Gasteiger partial charge is 0.662 e. The van der Waals surface area contributed by atoms with Gasteiger partial charge >= 0.3 is 21.1 Å². The summed E-state index contributed by atoms with van der Waals surface area (Å²) < 4.78 is 0. The Labute approximate surface area is 429 Å². The minimum absolute atomic E-state index is 0. The van der Waals surface area contributed by atoms with Crippen LogP contribution in [0, 0.1) is 6.07 Å². The Morgan fingerprint density at radius 2 is 0.797 bits per heavy atom. The maximum atomic E-state index is 5.67. The van der Waals surface area contributed by atoms with E-state index in [1.165, 1.54) is 33.4 Å². The second kappa shape index (κ2) is 18.1. The van der Waals surface area contributed by atoms with Crippen molar-refractivity contribution in [2.75, 3.05) is 4.90 Å². The van der Waals surface area contributed by atoms with Crippen molar-refractivity contribution in [1.29, 1.82) is 0 Å². The second-order valence-corrected chi connectivity index (χ2v) is 25.4. The van der Waals surface area contributed by atoms with Crippen LogP contribution in [0.3, 0.4) is 0 Å². The van der Waals surface area contributed by atoms with Gasteiger partial charge in [-0.05, 0) is 125 Å². The van der Waals surface area contributed by atoms with Gasteiger partial charge in [0.15, 0.2) is 0 Å². The van der Waals surface area contributed by atoms with Gasteiger partial charge in [-0.25, -0.2) is 0 Å². The first kappa shape index (κ1) is 51.5. The van der Waals surface area contributed by atoms with Crippen LogP contribution in [0.25, 0.3) is 55.4 Å². The predicted octanol–water partition coefficient (Wildman–Crippen LogP) is 17.8.